The van der Waals surface area contributed by atoms with Gasteiger partial charge in [-0.25, -0.2) is 4.79 Å². The normalized spacial score (nSPS) is 10.0. The van der Waals surface area contributed by atoms with Gasteiger partial charge in [-0.2, -0.15) is 0 Å². The van der Waals surface area contributed by atoms with Crippen molar-refractivity contribution in [1.29, 1.82) is 0 Å². The van der Waals surface area contributed by atoms with Crippen molar-refractivity contribution in [2.45, 2.75) is 0 Å². The quantitative estimate of drug-likeness (QED) is 0.671. The molecule has 0 atom stereocenters. The van der Waals surface area contributed by atoms with Crippen LogP contribution in [0.2, 0.25) is 0 Å². The van der Waals surface area contributed by atoms with E-state index >= 15 is 0 Å². The first kappa shape index (κ1) is 19.1. The number of hydrogen-bond donors (Lipinski definition) is 2. The molecular formula is C20H16N2O5S. The molecule has 1 aromatic heterocycles. The van der Waals surface area contributed by atoms with Crippen LogP contribution in [0.25, 0.3) is 0 Å². The Labute approximate surface area is 164 Å². The number of anilines is 1. The van der Waals surface area contributed by atoms with Gasteiger partial charge in [-0.15, -0.1) is 11.3 Å². The molecule has 0 aliphatic carbocycles. The molecule has 8 heteroatoms. The van der Waals surface area contributed by atoms with E-state index in [4.69, 9.17) is 4.74 Å². The van der Waals surface area contributed by atoms with E-state index < -0.39 is 17.9 Å². The first-order chi connectivity index (χ1) is 13.6. The van der Waals surface area contributed by atoms with Crippen molar-refractivity contribution >= 4 is 34.2 Å². The Morgan fingerprint density at radius 2 is 1.64 bits per heavy atom. The summed E-state index contributed by atoms with van der Waals surface area (Å²) >= 11 is 1.17. The molecule has 0 radical (unpaired) electrons. The Balaban J connectivity index is 1.72. The average molecular weight is 396 g/mol. The maximum absolute atomic E-state index is 12.6. The Bertz CT molecular complexity index is 1000. The fourth-order valence-electron chi connectivity index (χ4n) is 2.30. The molecule has 0 aliphatic heterocycles. The summed E-state index contributed by atoms with van der Waals surface area (Å²) in [6.07, 6.45) is -0.876. The number of hydrogen-bond acceptors (Lipinski definition) is 6. The second-order valence-corrected chi connectivity index (χ2v) is 6.42. The summed E-state index contributed by atoms with van der Waals surface area (Å²) in [5.74, 6) is 0.0893. The number of imide groups is 1. The van der Waals surface area contributed by atoms with Crippen LogP contribution in [0.5, 0.6) is 11.5 Å². The van der Waals surface area contributed by atoms with Gasteiger partial charge < -0.3 is 14.8 Å². The number of carbonyl (C=O) groups is 3. The number of methoxy groups -OCH3 is 1. The molecule has 2 aromatic carbocycles. The minimum atomic E-state index is -0.876. The summed E-state index contributed by atoms with van der Waals surface area (Å²) in [6, 6.07) is 17.4. The summed E-state index contributed by atoms with van der Waals surface area (Å²) < 4.78 is 10.1. The van der Waals surface area contributed by atoms with E-state index in [2.05, 4.69) is 15.4 Å². The highest BCUT2D eigenvalue weighted by Crippen LogP contribution is 2.25. The van der Waals surface area contributed by atoms with Gasteiger partial charge in [-0.3, -0.25) is 14.9 Å². The molecule has 0 aliphatic rings. The topological polar surface area (TPSA) is 93.7 Å². The third kappa shape index (κ3) is 4.74. The van der Waals surface area contributed by atoms with Crippen LogP contribution in [0, 0.1) is 0 Å². The fourth-order valence-corrected chi connectivity index (χ4v) is 3.08. The Morgan fingerprint density at radius 3 is 2.39 bits per heavy atom. The first-order valence-corrected chi connectivity index (χ1v) is 9.06. The maximum Gasteiger partial charge on any atom is 0.413 e. The van der Waals surface area contributed by atoms with Crippen molar-refractivity contribution in [2.75, 3.05) is 12.4 Å². The number of ether oxygens (including phenoxy) is 2. The predicted molar refractivity (Wildman–Crippen MR) is 105 cm³/mol. The van der Waals surface area contributed by atoms with Gasteiger partial charge in [0.1, 0.15) is 16.5 Å². The zero-order valence-electron chi connectivity index (χ0n) is 14.8. The van der Waals surface area contributed by atoms with E-state index in [9.17, 15) is 14.4 Å². The molecule has 142 valence electrons. The number of carbonyl (C=O) groups excluding carboxylic acids is 3. The van der Waals surface area contributed by atoms with E-state index in [-0.39, 0.29) is 5.56 Å². The molecule has 0 saturated heterocycles. The lowest BCUT2D eigenvalue weighted by molar-refractivity contribution is 0.0938. The molecule has 0 spiro atoms. The molecule has 7 nitrogen and oxygen atoms in total. The molecule has 3 rings (SSSR count). The summed E-state index contributed by atoms with van der Waals surface area (Å²) in [5, 5.41) is 6.69. The Kier molecular flexibility index (Phi) is 6.03. The molecule has 0 saturated carbocycles. The van der Waals surface area contributed by atoms with Crippen molar-refractivity contribution in [3.05, 3.63) is 77.2 Å². The van der Waals surface area contributed by atoms with E-state index in [1.165, 1.54) is 17.4 Å². The number of rotatable bonds is 5. The minimum Gasteiger partial charge on any atom is -0.457 e. The van der Waals surface area contributed by atoms with Gasteiger partial charge in [0.2, 0.25) is 0 Å². The zero-order valence-corrected chi connectivity index (χ0v) is 15.6. The fraction of sp³-hybridized carbons (Fsp3) is 0.0500. The molecule has 2 N–H and O–H groups in total. The number of thiophene rings is 1. The van der Waals surface area contributed by atoms with E-state index in [0.29, 0.717) is 22.1 Å². The van der Waals surface area contributed by atoms with E-state index in [0.717, 1.165) is 7.11 Å². The van der Waals surface area contributed by atoms with Crippen LogP contribution in [-0.2, 0) is 4.74 Å². The second-order valence-electron chi connectivity index (χ2n) is 5.51. The van der Waals surface area contributed by atoms with Crippen LogP contribution >= 0.6 is 11.3 Å². The van der Waals surface area contributed by atoms with Crippen LogP contribution in [-0.4, -0.2) is 25.0 Å². The Hall–Kier alpha value is -3.65. The van der Waals surface area contributed by atoms with Crippen molar-refractivity contribution in [3.8, 4) is 11.5 Å². The number of nitrogens with one attached hydrogen (secondary N) is 2. The van der Waals surface area contributed by atoms with Gasteiger partial charge in [-0.05, 0) is 41.8 Å². The molecule has 28 heavy (non-hydrogen) atoms. The predicted octanol–water partition coefficient (Wildman–Crippen LogP) is 4.29. The smallest absolute Gasteiger partial charge is 0.413 e. The monoisotopic (exact) mass is 396 g/mol. The van der Waals surface area contributed by atoms with Crippen molar-refractivity contribution in [3.63, 3.8) is 0 Å². The second kappa shape index (κ2) is 8.83. The van der Waals surface area contributed by atoms with Crippen molar-refractivity contribution in [2.24, 2.45) is 0 Å². The van der Waals surface area contributed by atoms with Gasteiger partial charge in [0, 0.05) is 5.56 Å². The number of alkyl carbamates (subject to hydrolysis) is 1. The van der Waals surface area contributed by atoms with E-state index in [1.54, 1.807) is 29.6 Å². The van der Waals surface area contributed by atoms with Gasteiger partial charge in [0.05, 0.1) is 12.7 Å². The lowest BCUT2D eigenvalue weighted by atomic mass is 10.2. The van der Waals surface area contributed by atoms with Crippen LogP contribution in [0.1, 0.15) is 20.7 Å². The molecule has 3 aromatic rings. The molecular weight excluding hydrogens is 380 g/mol. The van der Waals surface area contributed by atoms with Gasteiger partial charge in [0.15, 0.2) is 0 Å². The van der Waals surface area contributed by atoms with E-state index in [1.807, 2.05) is 30.3 Å². The summed E-state index contributed by atoms with van der Waals surface area (Å²) in [6.45, 7) is 0. The van der Waals surface area contributed by atoms with Crippen LogP contribution in [0.3, 0.4) is 0 Å². The maximum atomic E-state index is 12.6. The molecule has 1 heterocycles. The van der Waals surface area contributed by atoms with Gasteiger partial charge >= 0.3 is 6.09 Å². The largest absolute Gasteiger partial charge is 0.457 e. The third-order valence-corrected chi connectivity index (χ3v) is 4.44. The van der Waals surface area contributed by atoms with Gasteiger partial charge in [0.25, 0.3) is 11.8 Å². The molecule has 0 fully saturated rings. The summed E-state index contributed by atoms with van der Waals surface area (Å²) in [7, 11) is 1.16. The number of benzene rings is 2. The number of amides is 3. The van der Waals surface area contributed by atoms with Gasteiger partial charge in [-0.1, -0.05) is 24.3 Å². The highest BCUT2D eigenvalue weighted by Gasteiger charge is 2.18. The highest BCUT2D eigenvalue weighted by atomic mass is 32.1. The Morgan fingerprint density at radius 1 is 0.893 bits per heavy atom. The average Bonchev–Trinajstić information content (AvgIpc) is 3.17. The summed E-state index contributed by atoms with van der Waals surface area (Å²) in [4.78, 5) is 35.9. The van der Waals surface area contributed by atoms with Crippen LogP contribution in [0.4, 0.5) is 9.80 Å². The minimum absolute atomic E-state index is 0.167. The lowest BCUT2D eigenvalue weighted by Gasteiger charge is -2.09. The molecule has 0 unspecified atom stereocenters. The molecule has 0 bridgehead atoms. The summed E-state index contributed by atoms with van der Waals surface area (Å²) in [5.41, 5.74) is 0.529. The first-order valence-electron chi connectivity index (χ1n) is 8.18. The number of para-hydroxylation sites is 1. The lowest BCUT2D eigenvalue weighted by Crippen LogP contribution is -2.30. The third-order valence-electron chi connectivity index (χ3n) is 3.61. The van der Waals surface area contributed by atoms with Crippen LogP contribution in [0.15, 0.2) is 66.0 Å². The zero-order chi connectivity index (χ0) is 19.9. The SMILES string of the molecule is COC(=O)NC(=O)c1ccsc1NC(=O)c1cccc(Oc2ccccc2)c1. The van der Waals surface area contributed by atoms with Crippen LogP contribution < -0.4 is 15.4 Å². The van der Waals surface area contributed by atoms with Crippen molar-refractivity contribution < 1.29 is 23.9 Å². The molecule has 3 amide bonds. The highest BCUT2D eigenvalue weighted by molar-refractivity contribution is 7.14. The standard InChI is InChI=1S/C20H16N2O5S/c1-26-20(25)22-18(24)16-10-11-28-19(16)21-17(23)13-6-5-9-15(12-13)27-14-7-3-2-4-8-14/h2-12H,1H3,(H,21,23)(H,22,24,25). The van der Waals surface area contributed by atoms with Crippen molar-refractivity contribution in [1.82, 2.24) is 5.32 Å².